The first-order chi connectivity index (χ1) is 12.5. The number of nitrogens with zero attached hydrogens (tertiary/aromatic N) is 1. The molecule has 6 rings (SSSR count). The lowest BCUT2D eigenvalue weighted by atomic mass is 9.48. The van der Waals surface area contributed by atoms with Gasteiger partial charge in [0.15, 0.2) is 23.4 Å². The van der Waals surface area contributed by atoms with Gasteiger partial charge in [-0.3, -0.25) is 9.69 Å². The number of phenolic OH excluding ortho intramolecular Hbond substituents is 1. The van der Waals surface area contributed by atoms with Crippen molar-refractivity contribution in [1.29, 1.82) is 0 Å². The molecule has 26 heavy (non-hydrogen) atoms. The fourth-order valence-corrected chi connectivity index (χ4v) is 6.33. The molecule has 3 aliphatic carbocycles. The molecule has 0 radical (unpaired) electrons. The van der Waals surface area contributed by atoms with E-state index in [9.17, 15) is 20.1 Å². The van der Waals surface area contributed by atoms with E-state index in [1.54, 1.807) is 6.07 Å². The van der Waals surface area contributed by atoms with E-state index in [4.69, 9.17) is 4.74 Å². The van der Waals surface area contributed by atoms with E-state index in [1.165, 1.54) is 18.9 Å². The highest BCUT2D eigenvalue weighted by Crippen LogP contribution is 2.66. The molecule has 5 atom stereocenters. The summed E-state index contributed by atoms with van der Waals surface area (Å²) in [7, 11) is 0. The zero-order valence-electron chi connectivity index (χ0n) is 14.5. The quantitative estimate of drug-likeness (QED) is 0.732. The van der Waals surface area contributed by atoms with E-state index < -0.39 is 29.3 Å². The van der Waals surface area contributed by atoms with Crippen molar-refractivity contribution in [1.82, 2.24) is 4.90 Å². The Bertz CT molecular complexity index is 836. The molecular formula is C20H23NO5. The van der Waals surface area contributed by atoms with E-state index in [0.717, 1.165) is 13.1 Å². The van der Waals surface area contributed by atoms with Crippen molar-refractivity contribution in [2.24, 2.45) is 5.92 Å². The molecule has 0 aromatic heterocycles. The van der Waals surface area contributed by atoms with Crippen LogP contribution in [0, 0.1) is 5.92 Å². The summed E-state index contributed by atoms with van der Waals surface area (Å²) in [5.74, 6) is 0.905. The molecule has 5 aliphatic rings. The van der Waals surface area contributed by atoms with Crippen LogP contribution in [0.4, 0.5) is 0 Å². The van der Waals surface area contributed by atoms with Crippen LogP contribution in [-0.2, 0) is 10.2 Å². The van der Waals surface area contributed by atoms with Gasteiger partial charge in [0.2, 0.25) is 0 Å². The number of hydrogen-bond acceptors (Lipinski definition) is 6. The number of ketones is 1. The Labute approximate surface area is 151 Å². The van der Waals surface area contributed by atoms with Crippen molar-refractivity contribution in [2.45, 2.75) is 61.4 Å². The van der Waals surface area contributed by atoms with E-state index in [1.807, 2.05) is 0 Å². The maximum absolute atomic E-state index is 12.7. The molecule has 1 saturated heterocycles. The van der Waals surface area contributed by atoms with Crippen molar-refractivity contribution in [3.05, 3.63) is 23.3 Å². The number of likely N-dealkylation sites (tertiary alicyclic amines) is 1. The first-order valence-electron chi connectivity index (χ1n) is 9.67. The minimum absolute atomic E-state index is 0.0120. The zero-order chi connectivity index (χ0) is 17.8. The third-order valence-corrected chi connectivity index (χ3v) is 7.60. The third-order valence-electron chi connectivity index (χ3n) is 7.60. The molecule has 3 fully saturated rings. The Morgan fingerprint density at radius 3 is 2.85 bits per heavy atom. The van der Waals surface area contributed by atoms with Crippen LogP contribution >= 0.6 is 0 Å². The van der Waals surface area contributed by atoms with Crippen LogP contribution in [0.1, 0.15) is 49.3 Å². The summed E-state index contributed by atoms with van der Waals surface area (Å²) >= 11 is 0. The number of phenols is 1. The standard InChI is InChI=1S/C20H23NO5/c22-12-4-3-11-14-16(12)26-18-13(23)5-6-20(25)17(15(11)24)21(9-10-1-2-10)8-7-19(14,18)20/h3-4,10,15,17-18,22,24-25H,1-2,5-9H2/t15-,17-,18-,19+,20-/m1/s1. The molecule has 1 aromatic rings. The summed E-state index contributed by atoms with van der Waals surface area (Å²) in [5.41, 5.74) is -0.696. The predicted octanol–water partition coefficient (Wildman–Crippen LogP) is 1.02. The van der Waals surface area contributed by atoms with Crippen molar-refractivity contribution < 1.29 is 24.9 Å². The number of Topliss-reactive ketones (excluding diaryl/α,β-unsaturated/α-hetero) is 1. The topological polar surface area (TPSA) is 90.2 Å². The van der Waals surface area contributed by atoms with Gasteiger partial charge in [-0.25, -0.2) is 0 Å². The molecule has 1 spiro atoms. The number of rotatable bonds is 2. The molecule has 1 aromatic carbocycles. The Balaban J connectivity index is 1.61. The lowest BCUT2D eigenvalue weighted by Crippen LogP contribution is -2.77. The number of carbonyl (C=O) groups excluding carboxylic acids is 1. The summed E-state index contributed by atoms with van der Waals surface area (Å²) in [4.78, 5) is 15.0. The fourth-order valence-electron chi connectivity index (χ4n) is 6.33. The molecule has 2 bridgehead atoms. The number of aliphatic hydroxyl groups excluding tert-OH is 1. The van der Waals surface area contributed by atoms with Gasteiger partial charge in [0.25, 0.3) is 0 Å². The minimum Gasteiger partial charge on any atom is -0.504 e. The van der Waals surface area contributed by atoms with Crippen LogP contribution in [0.5, 0.6) is 11.5 Å². The molecule has 6 nitrogen and oxygen atoms in total. The van der Waals surface area contributed by atoms with Gasteiger partial charge < -0.3 is 20.1 Å². The third kappa shape index (κ3) is 1.54. The molecule has 2 saturated carbocycles. The summed E-state index contributed by atoms with van der Waals surface area (Å²) in [5, 5.41) is 33.6. The average Bonchev–Trinajstić information content (AvgIpc) is 3.35. The van der Waals surface area contributed by atoms with E-state index in [2.05, 4.69) is 4.90 Å². The second-order valence-corrected chi connectivity index (χ2v) is 8.82. The lowest BCUT2D eigenvalue weighted by molar-refractivity contribution is -0.211. The van der Waals surface area contributed by atoms with E-state index >= 15 is 0 Å². The van der Waals surface area contributed by atoms with Gasteiger partial charge in [0.05, 0.1) is 23.2 Å². The molecule has 3 N–H and O–H groups in total. The second-order valence-electron chi connectivity index (χ2n) is 8.82. The Hall–Kier alpha value is -1.63. The zero-order valence-corrected chi connectivity index (χ0v) is 14.5. The van der Waals surface area contributed by atoms with Gasteiger partial charge in [0, 0.05) is 18.5 Å². The highest BCUT2D eigenvalue weighted by atomic mass is 16.5. The number of carbonyl (C=O) groups is 1. The molecule has 6 heteroatoms. The van der Waals surface area contributed by atoms with Gasteiger partial charge in [0.1, 0.15) is 0 Å². The summed E-state index contributed by atoms with van der Waals surface area (Å²) < 4.78 is 5.97. The smallest absolute Gasteiger partial charge is 0.174 e. The van der Waals surface area contributed by atoms with Gasteiger partial charge in [-0.2, -0.15) is 0 Å². The largest absolute Gasteiger partial charge is 0.504 e. The molecule has 2 heterocycles. The number of piperidine rings is 1. The molecule has 2 aliphatic heterocycles. The van der Waals surface area contributed by atoms with Crippen molar-refractivity contribution >= 4 is 5.78 Å². The van der Waals surface area contributed by atoms with E-state index in [-0.39, 0.29) is 23.7 Å². The maximum atomic E-state index is 12.7. The fraction of sp³-hybridized carbons (Fsp3) is 0.650. The minimum atomic E-state index is -1.22. The summed E-state index contributed by atoms with van der Waals surface area (Å²) in [6.45, 7) is 1.61. The summed E-state index contributed by atoms with van der Waals surface area (Å²) in [6, 6.07) is 2.83. The highest BCUT2D eigenvalue weighted by Gasteiger charge is 2.74. The van der Waals surface area contributed by atoms with Gasteiger partial charge in [-0.05, 0) is 49.8 Å². The van der Waals surface area contributed by atoms with Crippen molar-refractivity contribution in [3.8, 4) is 11.5 Å². The van der Waals surface area contributed by atoms with Crippen LogP contribution in [0.25, 0.3) is 0 Å². The Morgan fingerprint density at radius 2 is 2.08 bits per heavy atom. The monoisotopic (exact) mass is 357 g/mol. The van der Waals surface area contributed by atoms with Crippen LogP contribution in [0.2, 0.25) is 0 Å². The number of benzene rings is 1. The van der Waals surface area contributed by atoms with Gasteiger partial charge >= 0.3 is 0 Å². The van der Waals surface area contributed by atoms with Crippen LogP contribution < -0.4 is 4.74 Å². The number of hydrogen-bond donors (Lipinski definition) is 3. The maximum Gasteiger partial charge on any atom is 0.174 e. The number of aliphatic hydroxyl groups is 2. The number of ether oxygens (including phenoxy) is 1. The average molecular weight is 357 g/mol. The van der Waals surface area contributed by atoms with Crippen LogP contribution in [-0.4, -0.2) is 56.8 Å². The predicted molar refractivity (Wildman–Crippen MR) is 91.1 cm³/mol. The second kappa shape index (κ2) is 4.61. The Kier molecular flexibility index (Phi) is 2.74. The normalized spacial score (nSPS) is 43.2. The van der Waals surface area contributed by atoms with Gasteiger partial charge in [-0.15, -0.1) is 0 Å². The van der Waals surface area contributed by atoms with Crippen LogP contribution in [0.15, 0.2) is 12.1 Å². The first kappa shape index (κ1) is 15.4. The molecule has 0 unspecified atom stereocenters. The molecule has 0 amide bonds. The van der Waals surface area contributed by atoms with Gasteiger partial charge in [-0.1, -0.05) is 6.07 Å². The molecular weight excluding hydrogens is 334 g/mol. The van der Waals surface area contributed by atoms with Crippen molar-refractivity contribution in [3.63, 3.8) is 0 Å². The van der Waals surface area contributed by atoms with E-state index in [0.29, 0.717) is 29.9 Å². The SMILES string of the molecule is O=C1CC[C@@]2(O)[C@H]3[C@H](O)c4ccc(O)c5c4[C@@]2(CCN3CC2CC2)[C@@H]1O5. The van der Waals surface area contributed by atoms with Crippen LogP contribution in [0.3, 0.4) is 0 Å². The first-order valence-corrected chi connectivity index (χ1v) is 9.67. The number of aromatic hydroxyl groups is 1. The highest BCUT2D eigenvalue weighted by molar-refractivity contribution is 5.90. The lowest BCUT2D eigenvalue weighted by Gasteiger charge is -2.63. The van der Waals surface area contributed by atoms with Crippen molar-refractivity contribution in [2.75, 3.05) is 13.1 Å². The summed E-state index contributed by atoms with van der Waals surface area (Å²) in [6.07, 6.45) is 2.00. The Morgan fingerprint density at radius 1 is 1.27 bits per heavy atom. The molecule has 138 valence electrons.